The summed E-state index contributed by atoms with van der Waals surface area (Å²) >= 11 is 0. The summed E-state index contributed by atoms with van der Waals surface area (Å²) < 4.78 is 5.68. The molecule has 1 aliphatic carbocycles. The van der Waals surface area contributed by atoms with E-state index in [9.17, 15) is 0 Å². The Hall–Kier alpha value is -0.860. The molecule has 1 saturated carbocycles. The maximum absolute atomic E-state index is 5.68. The molecule has 0 saturated heterocycles. The molecule has 2 nitrogen and oxygen atoms in total. The van der Waals surface area contributed by atoms with E-state index in [0.29, 0.717) is 6.04 Å². The molecule has 0 bridgehead atoms. The van der Waals surface area contributed by atoms with Crippen LogP contribution in [0.15, 0.2) is 24.3 Å². The zero-order chi connectivity index (χ0) is 14.2. The zero-order valence-corrected chi connectivity index (χ0v) is 13.0. The Morgan fingerprint density at radius 2 is 2.00 bits per heavy atom. The van der Waals surface area contributed by atoms with E-state index < -0.39 is 0 Å². The molecule has 1 unspecified atom stereocenters. The predicted octanol–water partition coefficient (Wildman–Crippen LogP) is 4.42. The SMILES string of the molecule is CCCOCCC(NCC)c1ccccc1C1CCC1. The summed E-state index contributed by atoms with van der Waals surface area (Å²) in [5.41, 5.74) is 3.07. The first-order valence-corrected chi connectivity index (χ1v) is 8.26. The van der Waals surface area contributed by atoms with E-state index in [-0.39, 0.29) is 0 Å². The van der Waals surface area contributed by atoms with Crippen LogP contribution in [-0.2, 0) is 4.74 Å². The van der Waals surface area contributed by atoms with Gasteiger partial charge >= 0.3 is 0 Å². The van der Waals surface area contributed by atoms with E-state index >= 15 is 0 Å². The van der Waals surface area contributed by atoms with Gasteiger partial charge in [0.05, 0.1) is 0 Å². The largest absolute Gasteiger partial charge is 0.381 e. The van der Waals surface area contributed by atoms with E-state index in [2.05, 4.69) is 43.4 Å². The molecule has 2 heteroatoms. The van der Waals surface area contributed by atoms with Crippen LogP contribution < -0.4 is 5.32 Å². The van der Waals surface area contributed by atoms with E-state index in [1.807, 2.05) is 0 Å². The number of nitrogens with one attached hydrogen (secondary N) is 1. The Morgan fingerprint density at radius 1 is 1.20 bits per heavy atom. The van der Waals surface area contributed by atoms with Crippen LogP contribution in [0.5, 0.6) is 0 Å². The fourth-order valence-electron chi connectivity index (χ4n) is 2.98. The minimum atomic E-state index is 0.439. The first kappa shape index (κ1) is 15.5. The number of benzene rings is 1. The molecule has 2 rings (SSSR count). The Morgan fingerprint density at radius 3 is 2.65 bits per heavy atom. The molecule has 1 fully saturated rings. The van der Waals surface area contributed by atoms with Gasteiger partial charge < -0.3 is 10.1 Å². The van der Waals surface area contributed by atoms with Gasteiger partial charge in [-0.15, -0.1) is 0 Å². The van der Waals surface area contributed by atoms with Crippen molar-refractivity contribution in [3.8, 4) is 0 Å². The quantitative estimate of drug-likeness (QED) is 0.674. The minimum absolute atomic E-state index is 0.439. The molecule has 1 aliphatic rings. The third-order valence-corrected chi connectivity index (χ3v) is 4.27. The number of hydrogen-bond donors (Lipinski definition) is 1. The Balaban J connectivity index is 2.03. The van der Waals surface area contributed by atoms with Crippen LogP contribution >= 0.6 is 0 Å². The molecule has 112 valence electrons. The Labute approximate surface area is 123 Å². The lowest BCUT2D eigenvalue weighted by atomic mass is 9.77. The zero-order valence-electron chi connectivity index (χ0n) is 13.0. The molecule has 1 aromatic rings. The molecule has 0 amide bonds. The molecule has 1 aromatic carbocycles. The van der Waals surface area contributed by atoms with Gasteiger partial charge in [0.1, 0.15) is 0 Å². The summed E-state index contributed by atoms with van der Waals surface area (Å²) in [7, 11) is 0. The van der Waals surface area contributed by atoms with Crippen molar-refractivity contribution in [1.29, 1.82) is 0 Å². The van der Waals surface area contributed by atoms with Gasteiger partial charge in [0, 0.05) is 19.3 Å². The highest BCUT2D eigenvalue weighted by Crippen LogP contribution is 2.39. The van der Waals surface area contributed by atoms with Crippen LogP contribution in [-0.4, -0.2) is 19.8 Å². The van der Waals surface area contributed by atoms with Crippen molar-refractivity contribution in [2.75, 3.05) is 19.8 Å². The summed E-state index contributed by atoms with van der Waals surface area (Å²) in [5, 5.41) is 3.64. The van der Waals surface area contributed by atoms with Crippen LogP contribution in [0.1, 0.15) is 69.0 Å². The fourth-order valence-corrected chi connectivity index (χ4v) is 2.98. The molecule has 0 radical (unpaired) electrons. The van der Waals surface area contributed by atoms with Gasteiger partial charge in [-0.2, -0.15) is 0 Å². The van der Waals surface area contributed by atoms with Crippen molar-refractivity contribution in [1.82, 2.24) is 5.32 Å². The lowest BCUT2D eigenvalue weighted by molar-refractivity contribution is 0.124. The molecule has 0 aromatic heterocycles. The Kier molecular flexibility index (Phi) is 6.55. The number of hydrogen-bond acceptors (Lipinski definition) is 2. The average Bonchev–Trinajstić information content (AvgIpc) is 2.41. The molecular weight excluding hydrogens is 246 g/mol. The first-order chi connectivity index (χ1) is 9.86. The van der Waals surface area contributed by atoms with E-state index in [4.69, 9.17) is 4.74 Å². The highest BCUT2D eigenvalue weighted by Gasteiger charge is 2.24. The molecular formula is C18H29NO. The third-order valence-electron chi connectivity index (χ3n) is 4.27. The second kappa shape index (κ2) is 8.43. The van der Waals surface area contributed by atoms with Crippen molar-refractivity contribution >= 4 is 0 Å². The van der Waals surface area contributed by atoms with Gasteiger partial charge in [0.15, 0.2) is 0 Å². The lowest BCUT2D eigenvalue weighted by Gasteiger charge is -2.31. The van der Waals surface area contributed by atoms with Crippen LogP contribution in [0.3, 0.4) is 0 Å². The van der Waals surface area contributed by atoms with Crippen molar-refractivity contribution in [3.63, 3.8) is 0 Å². The molecule has 20 heavy (non-hydrogen) atoms. The smallest absolute Gasteiger partial charge is 0.0484 e. The standard InChI is InChI=1S/C18H29NO/c1-3-13-20-14-12-18(19-4-2)17-11-6-5-10-16(17)15-8-7-9-15/h5-6,10-11,15,18-19H,3-4,7-9,12-14H2,1-2H3. The predicted molar refractivity (Wildman–Crippen MR) is 85.2 cm³/mol. The highest BCUT2D eigenvalue weighted by atomic mass is 16.5. The molecule has 1 N–H and O–H groups in total. The van der Waals surface area contributed by atoms with Crippen molar-refractivity contribution in [3.05, 3.63) is 35.4 Å². The van der Waals surface area contributed by atoms with Crippen molar-refractivity contribution < 1.29 is 4.74 Å². The summed E-state index contributed by atoms with van der Waals surface area (Å²) in [5.74, 6) is 0.795. The first-order valence-electron chi connectivity index (χ1n) is 8.26. The fraction of sp³-hybridized carbons (Fsp3) is 0.667. The minimum Gasteiger partial charge on any atom is -0.381 e. The van der Waals surface area contributed by atoms with E-state index in [0.717, 1.165) is 38.5 Å². The van der Waals surface area contributed by atoms with Crippen LogP contribution in [0.2, 0.25) is 0 Å². The molecule has 1 atom stereocenters. The average molecular weight is 275 g/mol. The summed E-state index contributed by atoms with van der Waals surface area (Å²) in [6, 6.07) is 9.44. The second-order valence-electron chi connectivity index (χ2n) is 5.77. The monoisotopic (exact) mass is 275 g/mol. The number of rotatable bonds is 9. The van der Waals surface area contributed by atoms with Crippen molar-refractivity contribution in [2.45, 2.75) is 57.9 Å². The molecule has 0 aliphatic heterocycles. The maximum atomic E-state index is 5.68. The third kappa shape index (κ3) is 4.07. The van der Waals surface area contributed by atoms with Crippen LogP contribution in [0, 0.1) is 0 Å². The second-order valence-corrected chi connectivity index (χ2v) is 5.77. The summed E-state index contributed by atoms with van der Waals surface area (Å²) in [6.45, 7) is 7.09. The van der Waals surface area contributed by atoms with E-state index in [1.54, 1.807) is 5.56 Å². The van der Waals surface area contributed by atoms with Gasteiger partial charge in [0.25, 0.3) is 0 Å². The van der Waals surface area contributed by atoms with Crippen LogP contribution in [0.25, 0.3) is 0 Å². The van der Waals surface area contributed by atoms with E-state index in [1.165, 1.54) is 24.8 Å². The van der Waals surface area contributed by atoms with Crippen LogP contribution in [0.4, 0.5) is 0 Å². The maximum Gasteiger partial charge on any atom is 0.0484 e. The van der Waals surface area contributed by atoms with Crippen molar-refractivity contribution in [2.24, 2.45) is 0 Å². The van der Waals surface area contributed by atoms with Gasteiger partial charge in [-0.25, -0.2) is 0 Å². The molecule has 0 heterocycles. The van der Waals surface area contributed by atoms with Gasteiger partial charge in [-0.1, -0.05) is 44.5 Å². The summed E-state index contributed by atoms with van der Waals surface area (Å²) in [6.07, 6.45) is 6.29. The van der Waals surface area contributed by atoms with Gasteiger partial charge in [-0.05, 0) is 49.3 Å². The summed E-state index contributed by atoms with van der Waals surface area (Å²) in [4.78, 5) is 0. The topological polar surface area (TPSA) is 21.3 Å². The number of ether oxygens (including phenoxy) is 1. The molecule has 0 spiro atoms. The normalized spacial score (nSPS) is 16.9. The Bertz CT molecular complexity index is 387. The van der Waals surface area contributed by atoms with Gasteiger partial charge in [0.2, 0.25) is 0 Å². The lowest BCUT2D eigenvalue weighted by Crippen LogP contribution is -2.25. The highest BCUT2D eigenvalue weighted by molar-refractivity contribution is 5.34. The van der Waals surface area contributed by atoms with Gasteiger partial charge in [-0.3, -0.25) is 0 Å².